The fourth-order valence-electron chi connectivity index (χ4n) is 3.88. The first-order valence-corrected chi connectivity index (χ1v) is 10.6. The molecule has 0 spiro atoms. The first-order chi connectivity index (χ1) is 15.5. The van der Waals surface area contributed by atoms with Crippen molar-refractivity contribution in [2.75, 3.05) is 40.4 Å². The summed E-state index contributed by atoms with van der Waals surface area (Å²) in [6, 6.07) is 9.37. The van der Waals surface area contributed by atoms with Gasteiger partial charge in [-0.25, -0.2) is 0 Å². The fourth-order valence-corrected chi connectivity index (χ4v) is 3.88. The minimum absolute atomic E-state index is 0.0143. The van der Waals surface area contributed by atoms with E-state index in [1.165, 1.54) is 19.1 Å². The van der Waals surface area contributed by atoms with E-state index in [9.17, 15) is 14.7 Å². The van der Waals surface area contributed by atoms with E-state index in [1.54, 1.807) is 42.6 Å². The van der Waals surface area contributed by atoms with Crippen LogP contribution in [0, 0.1) is 0 Å². The number of likely N-dealkylation sites (tertiary alicyclic amines) is 1. The van der Waals surface area contributed by atoms with Gasteiger partial charge in [0.25, 0.3) is 11.7 Å². The number of hydrogen-bond donors (Lipinski definition) is 1. The van der Waals surface area contributed by atoms with Crippen LogP contribution < -0.4 is 9.47 Å². The van der Waals surface area contributed by atoms with E-state index in [-0.39, 0.29) is 11.3 Å². The smallest absolute Gasteiger partial charge is 0.295 e. The Labute approximate surface area is 188 Å². The van der Waals surface area contributed by atoms with E-state index in [0.717, 1.165) is 13.1 Å². The largest absolute Gasteiger partial charge is 0.507 e. The Morgan fingerprint density at radius 3 is 2.41 bits per heavy atom. The van der Waals surface area contributed by atoms with Gasteiger partial charge >= 0.3 is 0 Å². The molecule has 1 amide bonds. The zero-order valence-electron chi connectivity index (χ0n) is 18.9. The van der Waals surface area contributed by atoms with E-state index < -0.39 is 17.7 Å². The summed E-state index contributed by atoms with van der Waals surface area (Å²) in [5, 5.41) is 11.2. The quantitative estimate of drug-likeness (QED) is 0.365. The maximum absolute atomic E-state index is 13.1. The van der Waals surface area contributed by atoms with Gasteiger partial charge in [-0.3, -0.25) is 14.6 Å². The van der Waals surface area contributed by atoms with Crippen LogP contribution in [0.1, 0.15) is 31.1 Å². The maximum atomic E-state index is 13.1. The normalized spacial score (nSPS) is 17.8. The van der Waals surface area contributed by atoms with E-state index >= 15 is 0 Å². The molecule has 8 heteroatoms. The van der Waals surface area contributed by atoms with Crippen LogP contribution in [-0.2, 0) is 9.59 Å². The van der Waals surface area contributed by atoms with E-state index in [2.05, 4.69) is 9.88 Å². The van der Waals surface area contributed by atoms with Crippen LogP contribution in [0.2, 0.25) is 0 Å². The number of amides is 1. The fraction of sp³-hybridized carbons (Fsp3) is 0.375. The second-order valence-electron chi connectivity index (χ2n) is 7.34. The van der Waals surface area contributed by atoms with Crippen molar-refractivity contribution in [3.63, 3.8) is 0 Å². The number of Topliss-reactive ketones (excluding diaryl/α,β-unsaturated/α-hetero) is 1. The van der Waals surface area contributed by atoms with Gasteiger partial charge in [0.05, 0.1) is 25.5 Å². The molecule has 0 radical (unpaired) electrons. The number of benzene rings is 1. The number of ketones is 1. The summed E-state index contributed by atoms with van der Waals surface area (Å²) in [5.74, 6) is -0.751. The Kier molecular flexibility index (Phi) is 7.48. The lowest BCUT2D eigenvalue weighted by Crippen LogP contribution is -2.38. The standard InChI is InChI=1S/C24H29N3O5/c1-5-26(6-2)13-14-27-21(17-9-7-8-12-25-17)20(23(29)24(27)30)22(28)16-10-11-18(31-3)19(15-16)32-4/h7-12,15,21,28H,5-6,13-14H2,1-4H3/b22-20-. The number of aliphatic hydroxyl groups excluding tert-OH is 1. The van der Waals surface area contributed by atoms with E-state index in [4.69, 9.17) is 9.47 Å². The molecule has 1 N–H and O–H groups in total. The van der Waals surface area contributed by atoms with Crippen molar-refractivity contribution in [1.82, 2.24) is 14.8 Å². The number of ether oxygens (including phenoxy) is 2. The number of methoxy groups -OCH3 is 2. The lowest BCUT2D eigenvalue weighted by molar-refractivity contribution is -0.140. The highest BCUT2D eigenvalue weighted by Gasteiger charge is 2.46. The van der Waals surface area contributed by atoms with Crippen LogP contribution >= 0.6 is 0 Å². The minimum Gasteiger partial charge on any atom is -0.507 e. The number of carbonyl (C=O) groups is 2. The molecule has 3 rings (SSSR count). The number of pyridine rings is 1. The number of rotatable bonds is 9. The molecule has 32 heavy (non-hydrogen) atoms. The van der Waals surface area contributed by atoms with Gasteiger partial charge in [0.1, 0.15) is 11.8 Å². The number of likely N-dealkylation sites (N-methyl/N-ethyl adjacent to an activating group) is 1. The molecule has 1 aliphatic rings. The van der Waals surface area contributed by atoms with Gasteiger partial charge in [-0.2, -0.15) is 0 Å². The molecule has 1 saturated heterocycles. The highest BCUT2D eigenvalue weighted by Crippen LogP contribution is 2.39. The predicted molar refractivity (Wildman–Crippen MR) is 121 cm³/mol. The van der Waals surface area contributed by atoms with Gasteiger partial charge in [0.15, 0.2) is 11.5 Å². The zero-order valence-corrected chi connectivity index (χ0v) is 18.9. The summed E-state index contributed by atoms with van der Waals surface area (Å²) in [6.45, 7) is 6.71. The molecule has 1 fully saturated rings. The summed E-state index contributed by atoms with van der Waals surface area (Å²) in [6.07, 6.45) is 1.61. The SMILES string of the molecule is CCN(CC)CCN1C(=O)C(=O)/C(=C(\O)c2ccc(OC)c(OC)c2)C1c1ccccn1. The van der Waals surface area contributed by atoms with Gasteiger partial charge in [0.2, 0.25) is 0 Å². The van der Waals surface area contributed by atoms with Crippen molar-refractivity contribution in [3.8, 4) is 11.5 Å². The maximum Gasteiger partial charge on any atom is 0.295 e. The molecule has 0 saturated carbocycles. The molecule has 1 atom stereocenters. The Balaban J connectivity index is 2.10. The third-order valence-electron chi connectivity index (χ3n) is 5.72. The number of carbonyl (C=O) groups excluding carboxylic acids is 2. The third-order valence-corrected chi connectivity index (χ3v) is 5.72. The lowest BCUT2D eigenvalue weighted by atomic mass is 9.98. The van der Waals surface area contributed by atoms with Crippen molar-refractivity contribution in [2.24, 2.45) is 0 Å². The molecule has 0 aliphatic carbocycles. The van der Waals surface area contributed by atoms with E-state index in [0.29, 0.717) is 35.8 Å². The Bertz CT molecular complexity index is 1000. The molecule has 1 aromatic carbocycles. The first kappa shape index (κ1) is 23.3. The molecule has 0 bridgehead atoms. The number of aliphatic hydroxyl groups is 1. The van der Waals surface area contributed by atoms with Crippen LogP contribution in [0.4, 0.5) is 0 Å². The molecule has 8 nitrogen and oxygen atoms in total. The highest BCUT2D eigenvalue weighted by atomic mass is 16.5. The summed E-state index contributed by atoms with van der Waals surface area (Å²) in [5.41, 5.74) is 0.888. The van der Waals surface area contributed by atoms with Gasteiger partial charge in [-0.15, -0.1) is 0 Å². The molecule has 1 aliphatic heterocycles. The molecule has 2 heterocycles. The predicted octanol–water partition coefficient (Wildman–Crippen LogP) is 2.86. The average molecular weight is 440 g/mol. The Hall–Kier alpha value is -3.39. The number of nitrogens with zero attached hydrogens (tertiary/aromatic N) is 3. The zero-order chi connectivity index (χ0) is 23.3. The third kappa shape index (κ3) is 4.45. The second kappa shape index (κ2) is 10.3. The van der Waals surface area contributed by atoms with Crippen LogP contribution in [0.3, 0.4) is 0 Å². The monoisotopic (exact) mass is 439 g/mol. The summed E-state index contributed by atoms with van der Waals surface area (Å²) < 4.78 is 10.6. The van der Waals surface area contributed by atoms with Gasteiger partial charge in [-0.05, 0) is 43.4 Å². The van der Waals surface area contributed by atoms with Crippen LogP contribution in [0.15, 0.2) is 48.2 Å². The van der Waals surface area contributed by atoms with Crippen LogP contribution in [0.5, 0.6) is 11.5 Å². The topological polar surface area (TPSA) is 92.2 Å². The van der Waals surface area contributed by atoms with Crippen molar-refractivity contribution >= 4 is 17.4 Å². The molecule has 170 valence electrons. The van der Waals surface area contributed by atoms with Crippen molar-refractivity contribution in [3.05, 3.63) is 59.4 Å². The molecule has 1 aromatic heterocycles. The number of hydrogen-bond acceptors (Lipinski definition) is 7. The van der Waals surface area contributed by atoms with Gasteiger partial charge in [0, 0.05) is 24.8 Å². The van der Waals surface area contributed by atoms with Gasteiger partial charge < -0.3 is 24.4 Å². The molecule has 1 unspecified atom stereocenters. The Morgan fingerprint density at radius 1 is 1.09 bits per heavy atom. The van der Waals surface area contributed by atoms with Crippen LogP contribution in [-0.4, -0.2) is 72.0 Å². The van der Waals surface area contributed by atoms with Crippen molar-refractivity contribution in [1.29, 1.82) is 0 Å². The number of aromatic nitrogens is 1. The Morgan fingerprint density at radius 2 is 1.81 bits per heavy atom. The first-order valence-electron chi connectivity index (χ1n) is 10.6. The lowest BCUT2D eigenvalue weighted by Gasteiger charge is -2.27. The minimum atomic E-state index is -0.778. The summed E-state index contributed by atoms with van der Waals surface area (Å²) in [4.78, 5) is 34.1. The molecular formula is C24H29N3O5. The summed E-state index contributed by atoms with van der Waals surface area (Å²) >= 11 is 0. The second-order valence-corrected chi connectivity index (χ2v) is 7.34. The van der Waals surface area contributed by atoms with Crippen LogP contribution in [0.25, 0.3) is 5.76 Å². The van der Waals surface area contributed by atoms with Crippen molar-refractivity contribution in [2.45, 2.75) is 19.9 Å². The average Bonchev–Trinajstić information content (AvgIpc) is 3.09. The molecular weight excluding hydrogens is 410 g/mol. The molecule has 2 aromatic rings. The van der Waals surface area contributed by atoms with Crippen molar-refractivity contribution < 1.29 is 24.2 Å². The summed E-state index contributed by atoms with van der Waals surface area (Å²) in [7, 11) is 3.00. The highest BCUT2D eigenvalue weighted by molar-refractivity contribution is 6.46. The van der Waals surface area contributed by atoms with E-state index in [1.807, 2.05) is 13.8 Å². The van der Waals surface area contributed by atoms with Gasteiger partial charge in [-0.1, -0.05) is 19.9 Å².